The molecule has 21 heavy (non-hydrogen) atoms. The molecule has 0 aliphatic carbocycles. The number of benzene rings is 1. The fourth-order valence-corrected chi connectivity index (χ4v) is 1.70. The van der Waals surface area contributed by atoms with Crippen LogP contribution in [-0.4, -0.2) is 22.1 Å². The highest BCUT2D eigenvalue weighted by Gasteiger charge is 2.17. The maximum absolute atomic E-state index is 11.5. The molecule has 3 N–H and O–H groups in total. The van der Waals surface area contributed by atoms with E-state index in [-0.39, 0.29) is 24.4 Å². The van der Waals surface area contributed by atoms with Gasteiger partial charge in [-0.05, 0) is 19.4 Å². The Bertz CT molecular complexity index is 571. The third-order valence-corrected chi connectivity index (χ3v) is 2.84. The molecule has 0 radical (unpaired) electrons. The average molecular weight is 311 g/mol. The molecule has 6 nitrogen and oxygen atoms in total. The minimum atomic E-state index is -0.562. The Labute approximate surface area is 129 Å². The van der Waals surface area contributed by atoms with Crippen LogP contribution in [0.4, 0.5) is 0 Å². The molecular weight excluding hydrogens is 292 g/mol. The van der Waals surface area contributed by atoms with Gasteiger partial charge < -0.3 is 15.6 Å². The van der Waals surface area contributed by atoms with Crippen molar-refractivity contribution in [3.8, 4) is 0 Å². The maximum Gasteiger partial charge on any atom is 0.237 e. The number of aromatic nitrogens is 2. The molecule has 1 aromatic heterocycles. The second-order valence-electron chi connectivity index (χ2n) is 4.73. The zero-order chi connectivity index (χ0) is 14.5. The van der Waals surface area contributed by atoms with Crippen LogP contribution in [0.15, 0.2) is 34.9 Å². The summed E-state index contributed by atoms with van der Waals surface area (Å²) in [5.41, 5.74) is 6.59. The summed E-state index contributed by atoms with van der Waals surface area (Å²) in [6, 6.07) is 8.95. The zero-order valence-electron chi connectivity index (χ0n) is 11.9. The maximum atomic E-state index is 11.5. The van der Waals surface area contributed by atoms with Gasteiger partial charge in [0.1, 0.15) is 0 Å². The lowest BCUT2D eigenvalue weighted by atomic mass is 10.1. The van der Waals surface area contributed by atoms with Gasteiger partial charge in [0, 0.05) is 0 Å². The van der Waals surface area contributed by atoms with E-state index in [9.17, 15) is 4.79 Å². The van der Waals surface area contributed by atoms with Gasteiger partial charge >= 0.3 is 0 Å². The van der Waals surface area contributed by atoms with Crippen molar-refractivity contribution < 1.29 is 9.32 Å². The Balaban J connectivity index is 0.00000220. The molecule has 2 aromatic rings. The first-order valence-electron chi connectivity index (χ1n) is 6.48. The molecule has 2 atom stereocenters. The Kier molecular flexibility index (Phi) is 6.33. The van der Waals surface area contributed by atoms with Gasteiger partial charge in [0.15, 0.2) is 5.82 Å². The largest absolute Gasteiger partial charge is 0.345 e. The van der Waals surface area contributed by atoms with E-state index in [2.05, 4.69) is 15.5 Å². The van der Waals surface area contributed by atoms with Gasteiger partial charge in [-0.3, -0.25) is 4.79 Å². The third-order valence-electron chi connectivity index (χ3n) is 2.84. The number of carbonyl (C=O) groups excluding carboxylic acids is 1. The minimum Gasteiger partial charge on any atom is -0.345 e. The van der Waals surface area contributed by atoms with E-state index in [0.717, 1.165) is 5.56 Å². The molecule has 1 aromatic carbocycles. The van der Waals surface area contributed by atoms with Crippen molar-refractivity contribution in [3.63, 3.8) is 0 Å². The van der Waals surface area contributed by atoms with Gasteiger partial charge in [0.2, 0.25) is 11.8 Å². The van der Waals surface area contributed by atoms with E-state index >= 15 is 0 Å². The van der Waals surface area contributed by atoms with Gasteiger partial charge in [0.05, 0.1) is 18.5 Å². The predicted octanol–water partition coefficient (Wildman–Crippen LogP) is 1.61. The lowest BCUT2D eigenvalue weighted by Gasteiger charge is -2.11. The molecule has 7 heteroatoms. The summed E-state index contributed by atoms with van der Waals surface area (Å²) in [4.78, 5) is 15.8. The number of nitrogens with two attached hydrogens (primary N) is 1. The number of halogens is 1. The SMILES string of the molecule is CC(NC(=O)[C@@H](C)N)c1noc(Cc2ccccc2)n1.Cl. The summed E-state index contributed by atoms with van der Waals surface area (Å²) in [5, 5.41) is 6.61. The number of nitrogens with one attached hydrogen (secondary N) is 1. The monoisotopic (exact) mass is 310 g/mol. The lowest BCUT2D eigenvalue weighted by molar-refractivity contribution is -0.122. The second-order valence-corrected chi connectivity index (χ2v) is 4.73. The highest BCUT2D eigenvalue weighted by Crippen LogP contribution is 2.11. The van der Waals surface area contributed by atoms with Crippen molar-refractivity contribution in [2.24, 2.45) is 5.73 Å². The van der Waals surface area contributed by atoms with Gasteiger partial charge in [0.25, 0.3) is 0 Å². The minimum absolute atomic E-state index is 0. The van der Waals surface area contributed by atoms with Crippen molar-refractivity contribution >= 4 is 18.3 Å². The van der Waals surface area contributed by atoms with Crippen molar-refractivity contribution in [2.45, 2.75) is 32.4 Å². The Morgan fingerprint density at radius 1 is 1.33 bits per heavy atom. The van der Waals surface area contributed by atoms with E-state index in [0.29, 0.717) is 18.1 Å². The van der Waals surface area contributed by atoms with Crippen LogP contribution < -0.4 is 11.1 Å². The highest BCUT2D eigenvalue weighted by molar-refractivity contribution is 5.85. The van der Waals surface area contributed by atoms with E-state index in [1.807, 2.05) is 30.3 Å². The van der Waals surface area contributed by atoms with Gasteiger partial charge in [-0.1, -0.05) is 35.5 Å². The fourth-order valence-electron chi connectivity index (χ4n) is 1.70. The molecule has 0 saturated carbocycles. The Hall–Kier alpha value is -1.92. The van der Waals surface area contributed by atoms with Gasteiger partial charge in [-0.2, -0.15) is 4.98 Å². The van der Waals surface area contributed by atoms with Crippen LogP contribution in [0.2, 0.25) is 0 Å². The summed E-state index contributed by atoms with van der Waals surface area (Å²) in [5.74, 6) is 0.727. The second kappa shape index (κ2) is 7.75. The number of nitrogens with zero attached hydrogens (tertiary/aromatic N) is 2. The molecule has 0 spiro atoms. The van der Waals surface area contributed by atoms with Crippen LogP contribution in [0.25, 0.3) is 0 Å². The van der Waals surface area contributed by atoms with Crippen LogP contribution >= 0.6 is 12.4 Å². The zero-order valence-corrected chi connectivity index (χ0v) is 12.8. The molecule has 114 valence electrons. The number of amides is 1. The molecular formula is C14H19ClN4O2. The van der Waals surface area contributed by atoms with E-state index in [1.54, 1.807) is 13.8 Å². The highest BCUT2D eigenvalue weighted by atomic mass is 35.5. The fraction of sp³-hybridized carbons (Fsp3) is 0.357. The number of hydrogen-bond donors (Lipinski definition) is 2. The molecule has 0 aliphatic rings. The number of carbonyl (C=O) groups is 1. The Morgan fingerprint density at radius 3 is 2.62 bits per heavy atom. The molecule has 1 amide bonds. The lowest BCUT2D eigenvalue weighted by Crippen LogP contribution is -2.39. The normalized spacial score (nSPS) is 13.1. The predicted molar refractivity (Wildman–Crippen MR) is 81.0 cm³/mol. The average Bonchev–Trinajstić information content (AvgIpc) is 2.88. The van der Waals surface area contributed by atoms with Crippen LogP contribution in [0.1, 0.15) is 37.2 Å². The van der Waals surface area contributed by atoms with Crippen LogP contribution in [-0.2, 0) is 11.2 Å². The smallest absolute Gasteiger partial charge is 0.237 e. The Morgan fingerprint density at radius 2 is 2.00 bits per heavy atom. The summed E-state index contributed by atoms with van der Waals surface area (Å²) in [6.07, 6.45) is 0.571. The molecule has 0 fully saturated rings. The first-order chi connectivity index (χ1) is 9.56. The topological polar surface area (TPSA) is 94.0 Å². The van der Waals surface area contributed by atoms with Crippen LogP contribution in [0.3, 0.4) is 0 Å². The molecule has 0 aliphatic heterocycles. The van der Waals surface area contributed by atoms with Gasteiger partial charge in [-0.25, -0.2) is 0 Å². The van der Waals surface area contributed by atoms with Crippen molar-refractivity contribution in [3.05, 3.63) is 47.6 Å². The standard InChI is InChI=1S/C14H18N4O2.ClH/c1-9(15)14(19)16-10(2)13-17-12(20-18-13)8-11-6-4-3-5-7-11;/h3-7,9-10H,8,15H2,1-2H3,(H,16,19);1H/t9-,10?;/m1./s1. The van der Waals surface area contributed by atoms with Crippen molar-refractivity contribution in [2.75, 3.05) is 0 Å². The molecule has 1 heterocycles. The molecule has 2 rings (SSSR count). The van der Waals surface area contributed by atoms with Crippen LogP contribution in [0, 0.1) is 0 Å². The van der Waals surface area contributed by atoms with Crippen molar-refractivity contribution in [1.29, 1.82) is 0 Å². The van der Waals surface area contributed by atoms with Crippen LogP contribution in [0.5, 0.6) is 0 Å². The summed E-state index contributed by atoms with van der Waals surface area (Å²) in [6.45, 7) is 3.41. The first-order valence-corrected chi connectivity index (χ1v) is 6.48. The molecule has 0 saturated heterocycles. The van der Waals surface area contributed by atoms with Crippen molar-refractivity contribution in [1.82, 2.24) is 15.5 Å². The summed E-state index contributed by atoms with van der Waals surface area (Å²) < 4.78 is 5.19. The third kappa shape index (κ3) is 4.84. The summed E-state index contributed by atoms with van der Waals surface area (Å²) >= 11 is 0. The first kappa shape index (κ1) is 17.1. The number of rotatable bonds is 5. The van der Waals surface area contributed by atoms with E-state index in [1.165, 1.54) is 0 Å². The summed E-state index contributed by atoms with van der Waals surface area (Å²) in [7, 11) is 0. The van der Waals surface area contributed by atoms with E-state index < -0.39 is 6.04 Å². The van der Waals surface area contributed by atoms with E-state index in [4.69, 9.17) is 10.3 Å². The number of hydrogen-bond acceptors (Lipinski definition) is 5. The molecule has 0 bridgehead atoms. The van der Waals surface area contributed by atoms with Gasteiger partial charge in [-0.15, -0.1) is 12.4 Å². The quantitative estimate of drug-likeness (QED) is 0.875. The molecule has 1 unspecified atom stereocenters.